The van der Waals surface area contributed by atoms with Crippen molar-refractivity contribution in [1.29, 1.82) is 0 Å². The van der Waals surface area contributed by atoms with Gasteiger partial charge in [-0.25, -0.2) is 4.79 Å². The molecule has 4 aliphatic carbocycles. The average molecular weight is 526 g/mol. The van der Waals surface area contributed by atoms with Gasteiger partial charge >= 0.3 is 5.97 Å². The van der Waals surface area contributed by atoms with Crippen molar-refractivity contribution < 1.29 is 55.1 Å². The first-order valence-corrected chi connectivity index (χ1v) is 12.6. The van der Waals surface area contributed by atoms with Crippen LogP contribution in [-0.2, 0) is 9.47 Å². The zero-order valence-electron chi connectivity index (χ0n) is 21.1. The maximum Gasteiger partial charge on any atom is 0.355 e. The smallest absolute Gasteiger partial charge is 0.355 e. The maximum atomic E-state index is 13.2. The van der Waals surface area contributed by atoms with E-state index in [0.29, 0.717) is 0 Å². The van der Waals surface area contributed by atoms with Gasteiger partial charge in [-0.1, -0.05) is 13.8 Å². The predicted molar refractivity (Wildman–Crippen MR) is 122 cm³/mol. The van der Waals surface area contributed by atoms with Crippen molar-refractivity contribution in [2.24, 2.45) is 16.7 Å². The van der Waals surface area contributed by atoms with E-state index in [4.69, 9.17) is 9.47 Å². The summed E-state index contributed by atoms with van der Waals surface area (Å²) in [5.74, 6) is -4.45. The molecule has 206 valence electrons. The van der Waals surface area contributed by atoms with E-state index in [2.05, 4.69) is 4.98 Å². The van der Waals surface area contributed by atoms with Crippen LogP contribution in [0.15, 0.2) is 18.3 Å². The summed E-state index contributed by atoms with van der Waals surface area (Å²) in [6.45, 7) is 4.54. The van der Waals surface area contributed by atoms with E-state index in [1.165, 1.54) is 46.0 Å². The van der Waals surface area contributed by atoms with Crippen LogP contribution in [0, 0.1) is 16.7 Å². The van der Waals surface area contributed by atoms with Crippen molar-refractivity contribution in [3.8, 4) is 0 Å². The van der Waals surface area contributed by atoms with Crippen molar-refractivity contribution >= 4 is 5.97 Å². The Balaban J connectivity index is 1.72. The lowest BCUT2D eigenvalue weighted by molar-refractivity contribution is -0.403. The number of hydrogen-bond acceptors (Lipinski definition) is 11. The normalized spacial score (nSPS) is 59.3. The molecule has 6 fully saturated rings. The Morgan fingerprint density at radius 1 is 1.16 bits per heavy atom. The van der Waals surface area contributed by atoms with Gasteiger partial charge in [0.15, 0.2) is 17.5 Å². The van der Waals surface area contributed by atoms with Gasteiger partial charge in [-0.05, 0) is 44.7 Å². The Kier molecular flexibility index (Phi) is 4.44. The Morgan fingerprint density at radius 2 is 1.81 bits per heavy atom. The molecule has 0 aromatic carbocycles. The Morgan fingerprint density at radius 3 is 2.35 bits per heavy atom. The molecule has 0 unspecified atom stereocenters. The summed E-state index contributed by atoms with van der Waals surface area (Å²) in [7, 11) is 0. The van der Waals surface area contributed by atoms with Crippen molar-refractivity contribution in [1.82, 2.24) is 4.98 Å². The first-order chi connectivity index (χ1) is 16.9. The highest BCUT2D eigenvalue weighted by Gasteiger charge is 3.11. The highest BCUT2D eigenvalue weighted by atomic mass is 16.7. The predicted octanol–water partition coefficient (Wildman–Crippen LogP) is -2.10. The summed E-state index contributed by atoms with van der Waals surface area (Å²) >= 11 is 0. The molecule has 12 heteroatoms. The molecule has 7 rings (SSSR count). The molecular weight excluding hydrogens is 490 g/mol. The third kappa shape index (κ3) is 1.91. The van der Waals surface area contributed by atoms with Gasteiger partial charge in [0.1, 0.15) is 34.2 Å². The topological polar surface area (TPSA) is 213 Å². The lowest BCUT2D eigenvalue weighted by Gasteiger charge is -2.62. The minimum absolute atomic E-state index is 0.0314. The number of hydrogen-bond donors (Lipinski definition) is 9. The third-order valence-electron chi connectivity index (χ3n) is 11.3. The maximum absolute atomic E-state index is 13.2. The second-order valence-electron chi connectivity index (χ2n) is 12.6. The molecule has 1 aromatic heterocycles. The molecule has 0 amide bonds. The lowest BCUT2D eigenvalue weighted by Crippen LogP contribution is -2.79. The minimum atomic E-state index is -2.93. The number of H-pyrrole nitrogens is 1. The molecule has 6 aliphatic rings. The van der Waals surface area contributed by atoms with Crippen LogP contribution in [0.3, 0.4) is 0 Å². The van der Waals surface area contributed by atoms with Gasteiger partial charge in [-0.3, -0.25) is 0 Å². The summed E-state index contributed by atoms with van der Waals surface area (Å²) in [4.78, 5) is 15.9. The molecule has 3 heterocycles. The van der Waals surface area contributed by atoms with Gasteiger partial charge in [-0.2, -0.15) is 0 Å². The number of aliphatic hydroxyl groups excluding tert-OH is 2. The number of esters is 1. The van der Waals surface area contributed by atoms with Crippen LogP contribution in [0.25, 0.3) is 0 Å². The van der Waals surface area contributed by atoms with E-state index in [0.717, 1.165) is 0 Å². The van der Waals surface area contributed by atoms with Crippen molar-refractivity contribution in [3.05, 3.63) is 24.0 Å². The van der Waals surface area contributed by atoms with E-state index in [9.17, 15) is 45.6 Å². The van der Waals surface area contributed by atoms with E-state index < -0.39 is 87.3 Å². The SMILES string of the molecule is CC(C)[C@@]1(O)[C@@H](OC(=O)c2ccc[nH]2)[C@@]2(O)[C@@]3(CO)C[C@]4(O)O[C@@]5([C@@H](O)[C@@](C)(O)CC[C@]35O)[C@@]2(O)[C@]14C. The highest BCUT2D eigenvalue weighted by Crippen LogP contribution is 2.90. The van der Waals surface area contributed by atoms with Crippen molar-refractivity contribution in [2.75, 3.05) is 6.61 Å². The number of carbonyl (C=O) groups excluding carboxylic acids is 1. The largest absolute Gasteiger partial charge is 0.451 e. The second kappa shape index (κ2) is 6.40. The molecule has 0 radical (unpaired) electrons. The van der Waals surface area contributed by atoms with Crippen LogP contribution < -0.4 is 0 Å². The first-order valence-electron chi connectivity index (χ1n) is 12.6. The molecule has 2 saturated heterocycles. The van der Waals surface area contributed by atoms with Crippen LogP contribution >= 0.6 is 0 Å². The van der Waals surface area contributed by atoms with Gasteiger partial charge in [0.2, 0.25) is 0 Å². The quantitative estimate of drug-likeness (QED) is 0.194. The standard InChI is InChI=1S/C25H35NO11/c1-12(2)22(33)16(36-14(28)13-6-5-9-26-13)23(34)19(11-27)10-21(32)18(22,4)25(23,35)24(37-21)15(29)17(3,30)7-8-20(19,24)31/h5-6,9,12,15-16,26-27,29-35H,7-8,10-11H2,1-4H3/t15-,16+,17-,18-,19+,20-,21-,22+,23+,24+,25+/m0/s1. The van der Waals surface area contributed by atoms with E-state index in [-0.39, 0.29) is 18.5 Å². The van der Waals surface area contributed by atoms with Crippen LogP contribution in [0.1, 0.15) is 57.4 Å². The van der Waals surface area contributed by atoms with Crippen LogP contribution in [-0.4, -0.2) is 110 Å². The van der Waals surface area contributed by atoms with Crippen molar-refractivity contribution in [3.63, 3.8) is 0 Å². The van der Waals surface area contributed by atoms with Gasteiger partial charge < -0.3 is 55.3 Å². The second-order valence-corrected chi connectivity index (χ2v) is 12.6. The first kappa shape index (κ1) is 25.7. The van der Waals surface area contributed by atoms with E-state index >= 15 is 0 Å². The third-order valence-corrected chi connectivity index (χ3v) is 11.3. The van der Waals surface area contributed by atoms with Gasteiger partial charge in [0, 0.05) is 12.6 Å². The minimum Gasteiger partial charge on any atom is -0.451 e. The summed E-state index contributed by atoms with van der Waals surface area (Å²) in [6, 6.07) is 2.93. The molecule has 1 spiro atoms. The van der Waals surface area contributed by atoms with Crippen LogP contribution in [0.4, 0.5) is 0 Å². The fourth-order valence-electron chi connectivity index (χ4n) is 9.59. The summed E-state index contributed by atoms with van der Waals surface area (Å²) in [5.41, 5.74) is -19.9. The summed E-state index contributed by atoms with van der Waals surface area (Å²) in [5, 5.41) is 96.1. The number of aliphatic hydroxyl groups is 8. The number of nitrogens with one attached hydrogen (secondary N) is 1. The van der Waals surface area contributed by atoms with E-state index in [1.807, 2.05) is 0 Å². The van der Waals surface area contributed by atoms with Crippen molar-refractivity contribution in [2.45, 2.75) is 98.6 Å². The van der Waals surface area contributed by atoms with Crippen LogP contribution in [0.5, 0.6) is 0 Å². The Hall–Kier alpha value is -1.61. The number of carbonyl (C=O) groups is 1. The molecule has 4 saturated carbocycles. The fourth-order valence-corrected chi connectivity index (χ4v) is 9.59. The number of aromatic nitrogens is 1. The van der Waals surface area contributed by atoms with Crippen LogP contribution in [0.2, 0.25) is 0 Å². The molecule has 2 aliphatic heterocycles. The fraction of sp³-hybridized carbons (Fsp3) is 0.800. The number of rotatable bonds is 4. The zero-order chi connectivity index (χ0) is 27.5. The monoisotopic (exact) mass is 525 g/mol. The molecule has 12 nitrogen and oxygen atoms in total. The van der Waals surface area contributed by atoms with E-state index in [1.54, 1.807) is 0 Å². The summed E-state index contributed by atoms with van der Waals surface area (Å²) in [6.07, 6.45) is -3.87. The number of ether oxygens (including phenoxy) is 2. The lowest BCUT2D eigenvalue weighted by atomic mass is 9.52. The molecular formula is C25H35NO11. The zero-order valence-corrected chi connectivity index (χ0v) is 21.1. The Bertz CT molecular complexity index is 1190. The molecule has 37 heavy (non-hydrogen) atoms. The Labute approximate surface area is 212 Å². The van der Waals surface area contributed by atoms with Gasteiger partial charge in [0.05, 0.1) is 23.0 Å². The summed E-state index contributed by atoms with van der Waals surface area (Å²) < 4.78 is 11.8. The highest BCUT2D eigenvalue weighted by molar-refractivity contribution is 5.87. The molecule has 6 bridgehead atoms. The van der Waals surface area contributed by atoms with Gasteiger partial charge in [-0.15, -0.1) is 0 Å². The molecule has 1 aromatic rings. The number of aromatic amines is 1. The average Bonchev–Trinajstić information content (AvgIpc) is 3.45. The molecule has 9 N–H and O–H groups in total. The van der Waals surface area contributed by atoms with Gasteiger partial charge in [0.25, 0.3) is 0 Å². The molecule has 11 atom stereocenters.